The van der Waals surface area contributed by atoms with Crippen LogP contribution in [0.25, 0.3) is 10.6 Å². The molecular weight excluding hydrogens is 320 g/mol. The lowest BCUT2D eigenvalue weighted by molar-refractivity contribution is -0.137. The Morgan fingerprint density at radius 2 is 2.15 bits per heavy atom. The predicted octanol–water partition coefficient (Wildman–Crippen LogP) is 1.89. The molecule has 108 valence electrons. The van der Waals surface area contributed by atoms with Gasteiger partial charge in [0.15, 0.2) is 0 Å². The van der Waals surface area contributed by atoms with E-state index in [1.54, 1.807) is 6.07 Å². The first kappa shape index (κ1) is 15.1. The maximum Gasteiger partial charge on any atom is 0.318 e. The molecule has 0 fully saturated rings. The number of nitrogens with zero attached hydrogens (tertiary/aromatic N) is 2. The van der Waals surface area contributed by atoms with E-state index in [0.29, 0.717) is 0 Å². The van der Waals surface area contributed by atoms with Crippen molar-refractivity contribution in [3.63, 3.8) is 0 Å². The molecule has 0 aliphatic heterocycles. The summed E-state index contributed by atoms with van der Waals surface area (Å²) in [7, 11) is -2.52. The second-order valence-corrected chi connectivity index (χ2v) is 8.44. The van der Waals surface area contributed by atoms with E-state index in [4.69, 9.17) is 5.11 Å². The highest BCUT2D eigenvalue weighted by molar-refractivity contribution is 7.91. The van der Waals surface area contributed by atoms with Crippen LogP contribution in [-0.4, -0.2) is 42.4 Å². The lowest BCUT2D eigenvalue weighted by Crippen LogP contribution is -2.31. The quantitative estimate of drug-likeness (QED) is 0.903. The Labute approximate surface area is 124 Å². The van der Waals surface area contributed by atoms with E-state index in [9.17, 15) is 13.2 Å². The molecule has 20 heavy (non-hydrogen) atoms. The van der Waals surface area contributed by atoms with Gasteiger partial charge in [0.2, 0.25) is 0 Å². The number of rotatable bonds is 5. The van der Waals surface area contributed by atoms with Crippen LogP contribution in [0.1, 0.15) is 5.01 Å². The van der Waals surface area contributed by atoms with E-state index >= 15 is 0 Å². The highest BCUT2D eigenvalue weighted by atomic mass is 32.2. The molecule has 2 aromatic heterocycles. The summed E-state index contributed by atoms with van der Waals surface area (Å²) in [6.45, 7) is 1.31. The van der Waals surface area contributed by atoms with Crippen LogP contribution in [0.3, 0.4) is 0 Å². The van der Waals surface area contributed by atoms with Crippen LogP contribution in [0.15, 0.2) is 21.7 Å². The molecule has 0 bridgehead atoms. The number of sulfonamides is 1. The van der Waals surface area contributed by atoms with Crippen LogP contribution in [0.4, 0.5) is 0 Å². The fraction of sp³-hybridized carbons (Fsp3) is 0.273. The Bertz CT molecular complexity index is 732. The highest BCUT2D eigenvalue weighted by Crippen LogP contribution is 2.32. The van der Waals surface area contributed by atoms with Crippen molar-refractivity contribution >= 4 is 38.7 Å². The third kappa shape index (κ3) is 3.06. The molecular formula is C11H12N2O4S3. The first-order valence-corrected chi connectivity index (χ1v) is 8.65. The smallest absolute Gasteiger partial charge is 0.318 e. The number of likely N-dealkylation sites (N-methyl/N-ethyl adjacent to an activating group) is 1. The summed E-state index contributed by atoms with van der Waals surface area (Å²) in [6, 6.07) is 3.16. The van der Waals surface area contributed by atoms with Crippen molar-refractivity contribution in [2.24, 2.45) is 0 Å². The zero-order valence-electron chi connectivity index (χ0n) is 10.7. The molecule has 0 atom stereocenters. The number of hydrogen-bond donors (Lipinski definition) is 1. The Morgan fingerprint density at radius 3 is 2.70 bits per heavy atom. The van der Waals surface area contributed by atoms with Gasteiger partial charge < -0.3 is 5.11 Å². The maximum absolute atomic E-state index is 12.2. The lowest BCUT2D eigenvalue weighted by Gasteiger charge is -2.12. The number of carboxylic acids is 1. The van der Waals surface area contributed by atoms with E-state index < -0.39 is 22.5 Å². The van der Waals surface area contributed by atoms with E-state index in [-0.39, 0.29) is 4.21 Å². The molecule has 1 N–H and O–H groups in total. The summed E-state index contributed by atoms with van der Waals surface area (Å²) < 4.78 is 25.3. The second kappa shape index (κ2) is 5.60. The van der Waals surface area contributed by atoms with Crippen molar-refractivity contribution in [2.75, 3.05) is 13.6 Å². The largest absolute Gasteiger partial charge is 0.480 e. The van der Waals surface area contributed by atoms with Gasteiger partial charge in [0.05, 0.1) is 15.6 Å². The summed E-state index contributed by atoms with van der Waals surface area (Å²) in [5.41, 5.74) is 0.736. The van der Waals surface area contributed by atoms with Crippen LogP contribution in [-0.2, 0) is 14.8 Å². The SMILES string of the molecule is Cc1nc(-c2ccc(S(=O)(=O)N(C)CC(=O)O)s2)cs1. The molecule has 0 amide bonds. The van der Waals surface area contributed by atoms with Crippen LogP contribution in [0.2, 0.25) is 0 Å². The molecule has 0 unspecified atom stereocenters. The van der Waals surface area contributed by atoms with Gasteiger partial charge in [-0.25, -0.2) is 13.4 Å². The van der Waals surface area contributed by atoms with Gasteiger partial charge in [0, 0.05) is 12.4 Å². The number of aromatic nitrogens is 1. The Morgan fingerprint density at radius 1 is 1.45 bits per heavy atom. The van der Waals surface area contributed by atoms with Crippen molar-refractivity contribution in [1.29, 1.82) is 0 Å². The molecule has 0 radical (unpaired) electrons. The number of hydrogen-bond acceptors (Lipinski definition) is 6. The van der Waals surface area contributed by atoms with Gasteiger partial charge in [-0.2, -0.15) is 4.31 Å². The molecule has 9 heteroatoms. The lowest BCUT2D eigenvalue weighted by atomic mass is 10.4. The standard InChI is InChI=1S/C11H12N2O4S3/c1-7-12-8(6-18-7)9-3-4-11(19-9)20(16,17)13(2)5-10(14)15/h3-4,6H,5H2,1-2H3,(H,14,15). The molecule has 0 aliphatic rings. The van der Waals surface area contributed by atoms with Crippen LogP contribution in [0.5, 0.6) is 0 Å². The number of aliphatic carboxylic acids is 1. The molecule has 2 heterocycles. The van der Waals surface area contributed by atoms with Crippen LogP contribution >= 0.6 is 22.7 Å². The number of thiophene rings is 1. The Kier molecular flexibility index (Phi) is 4.23. The number of carbonyl (C=O) groups is 1. The normalized spacial score (nSPS) is 11.9. The fourth-order valence-corrected chi connectivity index (χ4v) is 4.79. The predicted molar refractivity (Wildman–Crippen MR) is 77.6 cm³/mol. The van der Waals surface area contributed by atoms with Gasteiger partial charge in [-0.1, -0.05) is 0 Å². The molecule has 0 aromatic carbocycles. The van der Waals surface area contributed by atoms with Crippen LogP contribution < -0.4 is 0 Å². The number of thiazole rings is 1. The minimum atomic E-state index is -3.77. The number of carboxylic acid groups (broad SMARTS) is 1. The Hall–Kier alpha value is -1.29. The molecule has 0 spiro atoms. The summed E-state index contributed by atoms with van der Waals surface area (Å²) >= 11 is 2.57. The minimum Gasteiger partial charge on any atom is -0.480 e. The first-order valence-electron chi connectivity index (χ1n) is 5.51. The van der Waals surface area contributed by atoms with Crippen molar-refractivity contribution in [3.05, 3.63) is 22.5 Å². The van der Waals surface area contributed by atoms with Gasteiger partial charge in [0.25, 0.3) is 10.0 Å². The summed E-state index contributed by atoms with van der Waals surface area (Å²) in [6.07, 6.45) is 0. The van der Waals surface area contributed by atoms with E-state index in [0.717, 1.165) is 31.2 Å². The van der Waals surface area contributed by atoms with Crippen molar-refractivity contribution < 1.29 is 18.3 Å². The van der Waals surface area contributed by atoms with Gasteiger partial charge in [-0.05, 0) is 19.1 Å². The fourth-order valence-electron chi connectivity index (χ4n) is 1.50. The molecule has 0 saturated heterocycles. The van der Waals surface area contributed by atoms with Crippen molar-refractivity contribution in [2.45, 2.75) is 11.1 Å². The molecule has 2 rings (SSSR count). The Balaban J connectivity index is 2.30. The average Bonchev–Trinajstić information content (AvgIpc) is 2.96. The first-order chi connectivity index (χ1) is 9.30. The molecule has 2 aromatic rings. The minimum absolute atomic E-state index is 0.113. The van der Waals surface area contributed by atoms with Crippen molar-refractivity contribution in [3.8, 4) is 10.6 Å². The van der Waals surface area contributed by atoms with Gasteiger partial charge >= 0.3 is 5.97 Å². The monoisotopic (exact) mass is 332 g/mol. The molecule has 6 nitrogen and oxygen atoms in total. The van der Waals surface area contributed by atoms with Crippen LogP contribution in [0, 0.1) is 6.92 Å². The zero-order chi connectivity index (χ0) is 14.9. The zero-order valence-corrected chi connectivity index (χ0v) is 13.2. The average molecular weight is 332 g/mol. The van der Waals surface area contributed by atoms with E-state index in [1.165, 1.54) is 24.5 Å². The summed E-state index contributed by atoms with van der Waals surface area (Å²) in [5.74, 6) is -1.19. The topological polar surface area (TPSA) is 87.6 Å². The second-order valence-electron chi connectivity index (χ2n) is 4.03. The maximum atomic E-state index is 12.2. The summed E-state index contributed by atoms with van der Waals surface area (Å²) in [4.78, 5) is 15.6. The third-order valence-electron chi connectivity index (χ3n) is 2.48. The van der Waals surface area contributed by atoms with Gasteiger partial charge in [0.1, 0.15) is 10.8 Å². The van der Waals surface area contributed by atoms with Gasteiger partial charge in [-0.15, -0.1) is 22.7 Å². The van der Waals surface area contributed by atoms with Crippen molar-refractivity contribution in [1.82, 2.24) is 9.29 Å². The molecule has 0 aliphatic carbocycles. The summed E-state index contributed by atoms with van der Waals surface area (Å²) in [5, 5.41) is 11.4. The third-order valence-corrected chi connectivity index (χ3v) is 6.63. The van der Waals surface area contributed by atoms with Gasteiger partial charge in [-0.3, -0.25) is 4.79 Å². The van der Waals surface area contributed by atoms with E-state index in [1.807, 2.05) is 12.3 Å². The molecule has 0 saturated carbocycles. The highest BCUT2D eigenvalue weighted by Gasteiger charge is 2.25. The van der Waals surface area contributed by atoms with E-state index in [2.05, 4.69) is 4.98 Å². The number of aryl methyl sites for hydroxylation is 1.